The summed E-state index contributed by atoms with van der Waals surface area (Å²) in [4.78, 5) is 7.12. The first-order valence-corrected chi connectivity index (χ1v) is 15.1. The van der Waals surface area contributed by atoms with E-state index in [0.29, 0.717) is 5.89 Å². The van der Waals surface area contributed by atoms with Gasteiger partial charge in [-0.15, -0.1) is 0 Å². The van der Waals surface area contributed by atoms with Crippen molar-refractivity contribution >= 4 is 60.9 Å². The van der Waals surface area contributed by atoms with Gasteiger partial charge in [-0.25, -0.2) is 4.98 Å². The summed E-state index contributed by atoms with van der Waals surface area (Å²) in [6.45, 7) is 0. The fourth-order valence-corrected chi connectivity index (χ4v) is 6.40. The van der Waals surface area contributed by atoms with Crippen molar-refractivity contribution < 1.29 is 8.83 Å². The van der Waals surface area contributed by atoms with Crippen LogP contribution < -0.4 is 4.90 Å². The average Bonchev–Trinajstić information content (AvgIpc) is 3.72. The van der Waals surface area contributed by atoms with Gasteiger partial charge in [0.2, 0.25) is 5.89 Å². The molecule has 0 atom stereocenters. The van der Waals surface area contributed by atoms with Crippen molar-refractivity contribution in [1.82, 2.24) is 4.98 Å². The maximum Gasteiger partial charge on any atom is 0.227 e. The maximum atomic E-state index is 6.61. The van der Waals surface area contributed by atoms with E-state index in [2.05, 4.69) is 114 Å². The molecule has 7 aromatic carbocycles. The molecule has 2 aromatic heterocycles. The van der Waals surface area contributed by atoms with Crippen LogP contribution >= 0.6 is 0 Å². The molecular weight excluding hydrogens is 552 g/mol. The van der Waals surface area contributed by atoms with E-state index >= 15 is 0 Å². The molecule has 0 saturated carbocycles. The first kappa shape index (κ1) is 25.4. The molecule has 0 N–H and O–H groups in total. The topological polar surface area (TPSA) is 42.4 Å². The van der Waals surface area contributed by atoms with Crippen LogP contribution in [-0.2, 0) is 0 Å². The SMILES string of the molecule is c1ccc(-c2cccc(N(c3ccccc3)c3cccc4c3ccc3c4oc4ccc5nc(-c6ccccc6)oc5c43)c2)cc1. The van der Waals surface area contributed by atoms with Crippen molar-refractivity contribution in [3.05, 3.63) is 158 Å². The zero-order valence-electron chi connectivity index (χ0n) is 24.2. The van der Waals surface area contributed by atoms with Gasteiger partial charge in [0, 0.05) is 33.1 Å². The molecule has 9 aromatic rings. The largest absolute Gasteiger partial charge is 0.455 e. The second kappa shape index (κ2) is 10.2. The zero-order valence-corrected chi connectivity index (χ0v) is 24.2. The maximum absolute atomic E-state index is 6.61. The molecule has 0 aliphatic rings. The Balaban J connectivity index is 1.26. The number of oxazole rings is 1. The lowest BCUT2D eigenvalue weighted by Crippen LogP contribution is -2.10. The van der Waals surface area contributed by atoms with Crippen LogP contribution in [0.2, 0.25) is 0 Å². The van der Waals surface area contributed by atoms with E-state index in [4.69, 9.17) is 13.8 Å². The van der Waals surface area contributed by atoms with E-state index in [1.165, 1.54) is 11.1 Å². The van der Waals surface area contributed by atoms with Crippen molar-refractivity contribution in [2.45, 2.75) is 0 Å². The highest BCUT2D eigenvalue weighted by Gasteiger charge is 2.21. The van der Waals surface area contributed by atoms with Crippen LogP contribution in [0.15, 0.2) is 167 Å². The Kier molecular flexibility index (Phi) is 5.78. The molecule has 4 heteroatoms. The quantitative estimate of drug-likeness (QED) is 0.204. The minimum atomic E-state index is 0.603. The van der Waals surface area contributed by atoms with E-state index in [-0.39, 0.29) is 0 Å². The second-order valence-corrected chi connectivity index (χ2v) is 11.2. The molecule has 0 aliphatic heterocycles. The molecule has 4 nitrogen and oxygen atoms in total. The predicted octanol–water partition coefficient (Wildman–Crippen LogP) is 11.7. The highest BCUT2D eigenvalue weighted by molar-refractivity contribution is 6.23. The fraction of sp³-hybridized carbons (Fsp3) is 0. The van der Waals surface area contributed by atoms with E-state index < -0.39 is 0 Å². The molecule has 0 bridgehead atoms. The third-order valence-electron chi connectivity index (χ3n) is 8.48. The van der Waals surface area contributed by atoms with Crippen LogP contribution in [0.4, 0.5) is 17.1 Å². The summed E-state index contributed by atoms with van der Waals surface area (Å²) in [5.74, 6) is 0.603. The van der Waals surface area contributed by atoms with Gasteiger partial charge < -0.3 is 13.7 Å². The van der Waals surface area contributed by atoms with Crippen LogP contribution in [0, 0.1) is 0 Å². The highest BCUT2D eigenvalue weighted by Crippen LogP contribution is 2.44. The number of para-hydroxylation sites is 1. The van der Waals surface area contributed by atoms with Gasteiger partial charge in [-0.1, -0.05) is 97.1 Å². The van der Waals surface area contributed by atoms with Crippen molar-refractivity contribution in [2.75, 3.05) is 4.90 Å². The average molecular weight is 579 g/mol. The van der Waals surface area contributed by atoms with E-state index in [1.54, 1.807) is 0 Å². The third kappa shape index (κ3) is 4.19. The number of nitrogens with zero attached hydrogens (tertiary/aromatic N) is 2. The Bertz CT molecular complexity index is 2480. The van der Waals surface area contributed by atoms with E-state index in [9.17, 15) is 0 Å². The Morgan fingerprint density at radius 3 is 1.91 bits per heavy atom. The van der Waals surface area contributed by atoms with Crippen molar-refractivity contribution in [3.63, 3.8) is 0 Å². The summed E-state index contributed by atoms with van der Waals surface area (Å²) in [6, 6.07) is 54.5. The minimum absolute atomic E-state index is 0.603. The molecular formula is C41H26N2O2. The molecule has 0 spiro atoms. The Labute approximate surface area is 259 Å². The molecule has 212 valence electrons. The van der Waals surface area contributed by atoms with Crippen LogP contribution in [0.25, 0.3) is 66.4 Å². The molecule has 0 aliphatic carbocycles. The van der Waals surface area contributed by atoms with Gasteiger partial charge in [0.05, 0.1) is 11.1 Å². The highest BCUT2D eigenvalue weighted by atomic mass is 16.4. The minimum Gasteiger partial charge on any atom is -0.455 e. The Hall–Kier alpha value is -6.13. The summed E-state index contributed by atoms with van der Waals surface area (Å²) in [5.41, 5.74) is 9.69. The molecule has 0 unspecified atom stereocenters. The number of benzene rings is 7. The standard InChI is InChI=1S/C41H26N2O2/c1-4-12-27(13-5-1)29-16-10-19-31(26-29)43(30-17-8-3-9-18-30)36-21-11-20-33-32(36)22-23-34-38-37(44-39(33)34)25-24-35-40(38)45-41(42-35)28-14-6-2-7-15-28/h1-26H. The third-order valence-corrected chi connectivity index (χ3v) is 8.48. The Morgan fingerprint density at radius 1 is 0.444 bits per heavy atom. The molecule has 0 fully saturated rings. The molecule has 0 radical (unpaired) electrons. The monoisotopic (exact) mass is 578 g/mol. The van der Waals surface area contributed by atoms with Crippen LogP contribution in [0.3, 0.4) is 0 Å². The number of furan rings is 1. The molecule has 45 heavy (non-hydrogen) atoms. The molecule has 0 amide bonds. The van der Waals surface area contributed by atoms with Gasteiger partial charge in [-0.3, -0.25) is 0 Å². The van der Waals surface area contributed by atoms with E-state index in [0.717, 1.165) is 66.4 Å². The fourth-order valence-electron chi connectivity index (χ4n) is 6.40. The lowest BCUT2D eigenvalue weighted by atomic mass is 10.0. The number of rotatable bonds is 5. The van der Waals surface area contributed by atoms with Gasteiger partial charge in [0.25, 0.3) is 0 Å². The van der Waals surface area contributed by atoms with Crippen LogP contribution in [0.1, 0.15) is 0 Å². The van der Waals surface area contributed by atoms with Gasteiger partial charge >= 0.3 is 0 Å². The lowest BCUT2D eigenvalue weighted by molar-refractivity contribution is 0.622. The first-order chi connectivity index (χ1) is 22.3. The van der Waals surface area contributed by atoms with E-state index in [1.807, 2.05) is 48.5 Å². The van der Waals surface area contributed by atoms with Gasteiger partial charge in [-0.05, 0) is 71.8 Å². The number of hydrogen-bond acceptors (Lipinski definition) is 4. The van der Waals surface area contributed by atoms with Gasteiger partial charge in [-0.2, -0.15) is 0 Å². The number of fused-ring (bicyclic) bond motifs is 7. The molecule has 9 rings (SSSR count). The lowest BCUT2D eigenvalue weighted by Gasteiger charge is -2.27. The van der Waals surface area contributed by atoms with Crippen molar-refractivity contribution in [3.8, 4) is 22.6 Å². The molecule has 0 saturated heterocycles. The first-order valence-electron chi connectivity index (χ1n) is 15.1. The number of aromatic nitrogens is 1. The smallest absolute Gasteiger partial charge is 0.227 e. The summed E-state index contributed by atoms with van der Waals surface area (Å²) in [5, 5.41) is 4.09. The van der Waals surface area contributed by atoms with Gasteiger partial charge in [0.15, 0.2) is 5.58 Å². The number of anilines is 3. The van der Waals surface area contributed by atoms with Crippen molar-refractivity contribution in [1.29, 1.82) is 0 Å². The summed E-state index contributed by atoms with van der Waals surface area (Å²) in [6.07, 6.45) is 0. The van der Waals surface area contributed by atoms with Crippen LogP contribution in [-0.4, -0.2) is 4.98 Å². The summed E-state index contributed by atoms with van der Waals surface area (Å²) >= 11 is 0. The summed E-state index contributed by atoms with van der Waals surface area (Å²) in [7, 11) is 0. The zero-order chi connectivity index (χ0) is 29.7. The van der Waals surface area contributed by atoms with Gasteiger partial charge in [0.1, 0.15) is 16.7 Å². The Morgan fingerprint density at radius 2 is 1.11 bits per heavy atom. The summed E-state index contributed by atoms with van der Waals surface area (Å²) < 4.78 is 13.0. The molecule has 2 heterocycles. The van der Waals surface area contributed by atoms with Crippen molar-refractivity contribution in [2.24, 2.45) is 0 Å². The number of hydrogen-bond donors (Lipinski definition) is 0. The normalized spacial score (nSPS) is 11.6. The second-order valence-electron chi connectivity index (χ2n) is 11.2. The predicted molar refractivity (Wildman–Crippen MR) is 184 cm³/mol. The van der Waals surface area contributed by atoms with Crippen LogP contribution in [0.5, 0.6) is 0 Å².